The summed E-state index contributed by atoms with van der Waals surface area (Å²) in [5.74, 6) is -0.175. The number of amides is 2. The minimum absolute atomic E-state index is 0.0620. The molecule has 1 fully saturated rings. The molecule has 2 amide bonds. The Labute approximate surface area is 253 Å². The number of carbonyl (C=O) groups is 2. The van der Waals surface area contributed by atoms with E-state index < -0.39 is 28.5 Å². The molecule has 42 heavy (non-hydrogen) atoms. The summed E-state index contributed by atoms with van der Waals surface area (Å²) in [5.41, 5.74) is 1.99. The molecule has 0 radical (unpaired) electrons. The maximum atomic E-state index is 14.2. The van der Waals surface area contributed by atoms with Crippen molar-refractivity contribution >= 4 is 39.1 Å². The number of halogens is 1. The number of nitrogens with one attached hydrogen (secondary N) is 1. The largest absolute Gasteiger partial charge is 0.497 e. The van der Waals surface area contributed by atoms with Crippen LogP contribution in [0.3, 0.4) is 0 Å². The summed E-state index contributed by atoms with van der Waals surface area (Å²) < 4.78 is 34.3. The average molecular weight is 612 g/mol. The summed E-state index contributed by atoms with van der Waals surface area (Å²) in [6.45, 7) is 3.35. The van der Waals surface area contributed by atoms with Gasteiger partial charge in [0.05, 0.1) is 17.7 Å². The van der Waals surface area contributed by atoms with Gasteiger partial charge in [0.1, 0.15) is 18.3 Å². The summed E-state index contributed by atoms with van der Waals surface area (Å²) in [7, 11) is -2.62. The van der Waals surface area contributed by atoms with Gasteiger partial charge in [-0.1, -0.05) is 61.2 Å². The van der Waals surface area contributed by atoms with Crippen molar-refractivity contribution in [3.63, 3.8) is 0 Å². The zero-order valence-electron chi connectivity index (χ0n) is 24.3. The number of carbonyl (C=O) groups excluding carboxylic acids is 2. The molecular weight excluding hydrogens is 574 g/mol. The van der Waals surface area contributed by atoms with Gasteiger partial charge in [0, 0.05) is 17.6 Å². The van der Waals surface area contributed by atoms with Crippen LogP contribution >= 0.6 is 11.6 Å². The number of ether oxygens (including phenoxy) is 1. The number of sulfonamides is 1. The summed E-state index contributed by atoms with van der Waals surface area (Å²) >= 11 is 6.10. The van der Waals surface area contributed by atoms with E-state index in [4.69, 9.17) is 16.3 Å². The summed E-state index contributed by atoms with van der Waals surface area (Å²) in [6.07, 6.45) is 4.30. The van der Waals surface area contributed by atoms with Crippen LogP contribution in [0.5, 0.6) is 5.75 Å². The number of benzene rings is 3. The van der Waals surface area contributed by atoms with Crippen molar-refractivity contribution in [2.24, 2.45) is 0 Å². The van der Waals surface area contributed by atoms with E-state index in [1.54, 1.807) is 60.7 Å². The van der Waals surface area contributed by atoms with Crippen LogP contribution < -0.4 is 14.4 Å². The van der Waals surface area contributed by atoms with Gasteiger partial charge in [-0.15, -0.1) is 0 Å². The molecule has 10 heteroatoms. The number of rotatable bonds is 12. The Balaban J connectivity index is 1.71. The topological polar surface area (TPSA) is 96.0 Å². The standard InChI is InChI=1S/C32H38ClN3O5S/c1-4-30(32(38)34-26-7-5-6-8-26)35(21-24-11-13-25(33)14-12-24)31(37)22-36(27-15-17-28(41-3)18-16-27)42(39,40)29-19-9-23(2)10-20-29/h9-20,26,30H,4-8,21-22H2,1-3H3,(H,34,38). The number of nitrogens with zero attached hydrogens (tertiary/aromatic N) is 2. The number of methoxy groups -OCH3 is 1. The predicted octanol–water partition coefficient (Wildman–Crippen LogP) is 5.72. The minimum atomic E-state index is -4.14. The molecule has 3 aromatic rings. The van der Waals surface area contributed by atoms with Gasteiger partial charge in [0.15, 0.2) is 0 Å². The quantitative estimate of drug-likeness (QED) is 0.283. The molecule has 8 nitrogen and oxygen atoms in total. The molecule has 1 unspecified atom stereocenters. The van der Waals surface area contributed by atoms with Crippen LogP contribution in [0.25, 0.3) is 0 Å². The number of aryl methyl sites for hydroxylation is 1. The normalized spacial score (nSPS) is 14.3. The molecule has 4 rings (SSSR count). The molecule has 1 saturated carbocycles. The van der Waals surface area contributed by atoms with Crippen molar-refractivity contribution in [1.82, 2.24) is 10.2 Å². The molecule has 0 spiro atoms. The van der Waals surface area contributed by atoms with Crippen LogP contribution in [-0.4, -0.2) is 50.9 Å². The number of hydrogen-bond donors (Lipinski definition) is 1. The van der Waals surface area contributed by atoms with Gasteiger partial charge in [0.25, 0.3) is 10.0 Å². The molecular formula is C32H38ClN3O5S. The van der Waals surface area contributed by atoms with Gasteiger partial charge in [-0.3, -0.25) is 13.9 Å². The molecule has 3 aromatic carbocycles. The van der Waals surface area contributed by atoms with E-state index in [1.165, 1.54) is 24.1 Å². The van der Waals surface area contributed by atoms with E-state index in [1.807, 2.05) is 13.8 Å². The van der Waals surface area contributed by atoms with Crippen molar-refractivity contribution < 1.29 is 22.7 Å². The van der Waals surface area contributed by atoms with Crippen LogP contribution in [0, 0.1) is 6.92 Å². The van der Waals surface area contributed by atoms with Crippen molar-refractivity contribution in [3.05, 3.63) is 88.9 Å². The number of anilines is 1. The van der Waals surface area contributed by atoms with Crippen molar-refractivity contribution in [2.75, 3.05) is 18.0 Å². The molecule has 0 aromatic heterocycles. The Morgan fingerprint density at radius 3 is 2.17 bits per heavy atom. The minimum Gasteiger partial charge on any atom is -0.497 e. The van der Waals surface area contributed by atoms with E-state index in [-0.39, 0.29) is 23.4 Å². The van der Waals surface area contributed by atoms with Crippen LogP contribution in [0.4, 0.5) is 5.69 Å². The Bertz CT molecular complexity index is 1460. The molecule has 224 valence electrons. The zero-order valence-corrected chi connectivity index (χ0v) is 25.8. The second kappa shape index (κ2) is 14.1. The van der Waals surface area contributed by atoms with Crippen LogP contribution in [-0.2, 0) is 26.2 Å². The van der Waals surface area contributed by atoms with Gasteiger partial charge in [-0.2, -0.15) is 0 Å². The van der Waals surface area contributed by atoms with Gasteiger partial charge < -0.3 is 15.0 Å². The van der Waals surface area contributed by atoms with E-state index in [2.05, 4.69) is 5.32 Å². The van der Waals surface area contributed by atoms with E-state index in [9.17, 15) is 18.0 Å². The fourth-order valence-corrected chi connectivity index (χ4v) is 6.73. The molecule has 1 atom stereocenters. The first-order chi connectivity index (χ1) is 20.1. The predicted molar refractivity (Wildman–Crippen MR) is 165 cm³/mol. The molecule has 1 aliphatic rings. The third-order valence-electron chi connectivity index (χ3n) is 7.60. The maximum Gasteiger partial charge on any atom is 0.264 e. The van der Waals surface area contributed by atoms with E-state index in [0.717, 1.165) is 41.1 Å². The first kappa shape index (κ1) is 31.4. The summed E-state index contributed by atoms with van der Waals surface area (Å²) in [4.78, 5) is 29.3. The maximum absolute atomic E-state index is 14.2. The van der Waals surface area contributed by atoms with E-state index >= 15 is 0 Å². The first-order valence-electron chi connectivity index (χ1n) is 14.2. The lowest BCUT2D eigenvalue weighted by atomic mass is 10.1. The van der Waals surface area contributed by atoms with Crippen LogP contribution in [0.1, 0.15) is 50.2 Å². The van der Waals surface area contributed by atoms with Crippen molar-refractivity contribution in [1.29, 1.82) is 0 Å². The fraction of sp³-hybridized carbons (Fsp3) is 0.375. The van der Waals surface area contributed by atoms with Crippen molar-refractivity contribution in [2.45, 2.75) is 69.5 Å². The molecule has 0 aliphatic heterocycles. The molecule has 0 heterocycles. The Morgan fingerprint density at radius 2 is 1.60 bits per heavy atom. The van der Waals surface area contributed by atoms with Crippen molar-refractivity contribution in [3.8, 4) is 5.75 Å². The number of hydrogen-bond acceptors (Lipinski definition) is 5. The fourth-order valence-electron chi connectivity index (χ4n) is 5.19. The van der Waals surface area contributed by atoms with Crippen LogP contribution in [0.2, 0.25) is 5.02 Å². The molecule has 1 aliphatic carbocycles. The lowest BCUT2D eigenvalue weighted by Crippen LogP contribution is -2.53. The van der Waals surface area contributed by atoms with Gasteiger partial charge in [-0.05, 0) is 80.3 Å². The highest BCUT2D eigenvalue weighted by molar-refractivity contribution is 7.92. The Hall–Kier alpha value is -3.56. The average Bonchev–Trinajstić information content (AvgIpc) is 3.50. The lowest BCUT2D eigenvalue weighted by molar-refractivity contribution is -0.140. The Kier molecular flexibility index (Phi) is 10.5. The lowest BCUT2D eigenvalue weighted by Gasteiger charge is -2.33. The van der Waals surface area contributed by atoms with E-state index in [0.29, 0.717) is 22.9 Å². The zero-order chi connectivity index (χ0) is 30.3. The highest BCUT2D eigenvalue weighted by Gasteiger charge is 2.34. The van der Waals surface area contributed by atoms with Gasteiger partial charge in [-0.25, -0.2) is 8.42 Å². The van der Waals surface area contributed by atoms with Crippen LogP contribution in [0.15, 0.2) is 77.7 Å². The van der Waals surface area contributed by atoms with Gasteiger partial charge in [0.2, 0.25) is 11.8 Å². The second-order valence-electron chi connectivity index (χ2n) is 10.6. The highest BCUT2D eigenvalue weighted by Crippen LogP contribution is 2.27. The molecule has 1 N–H and O–H groups in total. The summed E-state index contributed by atoms with van der Waals surface area (Å²) in [5, 5.41) is 3.67. The monoisotopic (exact) mass is 611 g/mol. The van der Waals surface area contributed by atoms with Gasteiger partial charge >= 0.3 is 0 Å². The second-order valence-corrected chi connectivity index (χ2v) is 12.9. The Morgan fingerprint density at radius 1 is 0.976 bits per heavy atom. The third kappa shape index (κ3) is 7.63. The highest BCUT2D eigenvalue weighted by atomic mass is 35.5. The molecule has 0 bridgehead atoms. The smallest absolute Gasteiger partial charge is 0.264 e. The third-order valence-corrected chi connectivity index (χ3v) is 9.64. The SMILES string of the molecule is CCC(C(=O)NC1CCCC1)N(Cc1ccc(Cl)cc1)C(=O)CN(c1ccc(OC)cc1)S(=O)(=O)c1ccc(C)cc1. The summed E-state index contributed by atoms with van der Waals surface area (Å²) in [6, 6.07) is 19.3. The first-order valence-corrected chi connectivity index (χ1v) is 16.0. The molecule has 0 saturated heterocycles.